The van der Waals surface area contributed by atoms with Gasteiger partial charge < -0.3 is 15.7 Å². The third-order valence-electron chi connectivity index (χ3n) is 4.44. The number of aromatic amines is 1. The highest BCUT2D eigenvalue weighted by Crippen LogP contribution is 2.25. The smallest absolute Gasteiger partial charge is 0.309 e. The maximum Gasteiger partial charge on any atom is 0.309 e. The van der Waals surface area contributed by atoms with Crippen LogP contribution in [0.3, 0.4) is 0 Å². The van der Waals surface area contributed by atoms with Gasteiger partial charge in [-0.15, -0.1) is 0 Å². The predicted octanol–water partition coefficient (Wildman–Crippen LogP) is 3.65. The van der Waals surface area contributed by atoms with Crippen LogP contribution in [0.2, 0.25) is 5.02 Å². The summed E-state index contributed by atoms with van der Waals surface area (Å²) in [6, 6.07) is 7.58. The summed E-state index contributed by atoms with van der Waals surface area (Å²) in [7, 11) is 0. The summed E-state index contributed by atoms with van der Waals surface area (Å²) in [5.74, 6) is 1.35. The van der Waals surface area contributed by atoms with Crippen LogP contribution in [-0.2, 0) is 0 Å². The molecule has 0 fully saturated rings. The van der Waals surface area contributed by atoms with Crippen LogP contribution < -0.4 is 15.2 Å². The van der Waals surface area contributed by atoms with E-state index in [9.17, 15) is 5.11 Å². The number of benzene rings is 1. The van der Waals surface area contributed by atoms with Gasteiger partial charge in [-0.1, -0.05) is 36.5 Å². The summed E-state index contributed by atoms with van der Waals surface area (Å²) in [6.45, 7) is 8.28. The first-order valence-corrected chi connectivity index (χ1v) is 9.47. The van der Waals surface area contributed by atoms with E-state index in [0.717, 1.165) is 16.9 Å². The molecule has 8 heteroatoms. The van der Waals surface area contributed by atoms with Crippen molar-refractivity contribution in [2.45, 2.75) is 39.8 Å². The first kappa shape index (κ1) is 19.4. The lowest BCUT2D eigenvalue weighted by Gasteiger charge is -2.18. The highest BCUT2D eigenvalue weighted by molar-refractivity contribution is 6.30. The SMILES string of the molecule is CC(C)[C@H](CO)Nc1nc(Nc2cccc(Cl)c2)c2[nH]c[n+](C(C)C)c2n1. The second-order valence-corrected chi connectivity index (χ2v) is 7.62. The van der Waals surface area contributed by atoms with Crippen molar-refractivity contribution in [1.29, 1.82) is 0 Å². The van der Waals surface area contributed by atoms with E-state index in [1.165, 1.54) is 0 Å². The normalized spacial score (nSPS) is 12.7. The van der Waals surface area contributed by atoms with Crippen molar-refractivity contribution < 1.29 is 9.67 Å². The van der Waals surface area contributed by atoms with Crippen LogP contribution in [0.5, 0.6) is 0 Å². The Hall–Kier alpha value is -2.38. The number of aromatic nitrogens is 4. The summed E-state index contributed by atoms with van der Waals surface area (Å²) < 4.78 is 2.05. The maximum absolute atomic E-state index is 9.65. The van der Waals surface area contributed by atoms with Crippen molar-refractivity contribution in [2.75, 3.05) is 17.2 Å². The number of aliphatic hydroxyl groups excluding tert-OH is 1. The molecule has 0 aliphatic carbocycles. The number of H-pyrrole nitrogens is 1. The van der Waals surface area contributed by atoms with Gasteiger partial charge in [0.1, 0.15) is 0 Å². The standard InChI is InChI=1S/C19H25ClN6O/c1-11(2)15(9-27)23-19-24-17(22-14-7-5-6-13(20)8-14)16-18(25-19)26(10-21-16)12(3)4/h5-8,10-12,15,27H,9H2,1-4H3,(H2,22,23,24,25)/p+1/t15-/m0/s1. The zero-order valence-electron chi connectivity index (χ0n) is 16.0. The first-order valence-electron chi connectivity index (χ1n) is 9.09. The quantitative estimate of drug-likeness (QED) is 0.463. The van der Waals surface area contributed by atoms with Crippen LogP contribution >= 0.6 is 11.6 Å². The molecule has 0 spiro atoms. The molecule has 0 aliphatic heterocycles. The van der Waals surface area contributed by atoms with Crippen LogP contribution in [-0.4, -0.2) is 32.7 Å². The van der Waals surface area contributed by atoms with Crippen LogP contribution in [0.25, 0.3) is 11.2 Å². The van der Waals surface area contributed by atoms with Gasteiger partial charge in [-0.3, -0.25) is 4.98 Å². The summed E-state index contributed by atoms with van der Waals surface area (Å²) in [4.78, 5) is 12.6. The molecule has 3 aromatic rings. The van der Waals surface area contributed by atoms with Gasteiger partial charge in [0.25, 0.3) is 0 Å². The Balaban J connectivity index is 2.07. The molecule has 0 saturated carbocycles. The summed E-state index contributed by atoms with van der Waals surface area (Å²) in [5, 5.41) is 16.9. The molecule has 27 heavy (non-hydrogen) atoms. The lowest BCUT2D eigenvalue weighted by atomic mass is 10.1. The van der Waals surface area contributed by atoms with E-state index in [-0.39, 0.29) is 24.6 Å². The first-order chi connectivity index (χ1) is 12.9. The van der Waals surface area contributed by atoms with Gasteiger partial charge in [-0.2, -0.15) is 4.98 Å². The Morgan fingerprint density at radius 1 is 1.22 bits per heavy atom. The van der Waals surface area contributed by atoms with Crippen molar-refractivity contribution in [3.8, 4) is 0 Å². The van der Waals surface area contributed by atoms with Crippen LogP contribution in [0.4, 0.5) is 17.5 Å². The summed E-state index contributed by atoms with van der Waals surface area (Å²) in [6.07, 6.45) is 1.89. The Bertz CT molecular complexity index is 924. The minimum Gasteiger partial charge on any atom is -0.394 e. The average molecular weight is 390 g/mol. The number of imidazole rings is 1. The lowest BCUT2D eigenvalue weighted by molar-refractivity contribution is -0.692. The molecule has 0 aliphatic rings. The predicted molar refractivity (Wildman–Crippen MR) is 109 cm³/mol. The molecule has 0 radical (unpaired) electrons. The van der Waals surface area contributed by atoms with Crippen molar-refractivity contribution >= 4 is 40.2 Å². The van der Waals surface area contributed by atoms with Gasteiger partial charge in [0, 0.05) is 10.7 Å². The molecule has 0 unspecified atom stereocenters. The Kier molecular flexibility index (Phi) is 5.82. The average Bonchev–Trinajstić information content (AvgIpc) is 3.04. The molecule has 144 valence electrons. The van der Waals surface area contributed by atoms with Crippen LogP contribution in [0.15, 0.2) is 30.6 Å². The minimum atomic E-state index is -0.132. The Morgan fingerprint density at radius 2 is 2.00 bits per heavy atom. The Morgan fingerprint density at radius 3 is 2.63 bits per heavy atom. The van der Waals surface area contributed by atoms with Gasteiger partial charge in [0.05, 0.1) is 18.7 Å². The fourth-order valence-electron chi connectivity index (χ4n) is 2.80. The van der Waals surface area contributed by atoms with Gasteiger partial charge in [0.15, 0.2) is 12.1 Å². The second kappa shape index (κ2) is 8.10. The number of rotatable bonds is 7. The monoisotopic (exact) mass is 389 g/mol. The zero-order valence-corrected chi connectivity index (χ0v) is 16.7. The zero-order chi connectivity index (χ0) is 19.6. The number of hydrogen-bond acceptors (Lipinski definition) is 5. The van der Waals surface area contributed by atoms with Crippen molar-refractivity contribution in [3.05, 3.63) is 35.6 Å². The van der Waals surface area contributed by atoms with Crippen molar-refractivity contribution in [1.82, 2.24) is 15.0 Å². The van der Waals surface area contributed by atoms with E-state index in [0.29, 0.717) is 16.8 Å². The van der Waals surface area contributed by atoms with Crippen molar-refractivity contribution in [3.63, 3.8) is 0 Å². The van der Waals surface area contributed by atoms with Gasteiger partial charge >= 0.3 is 11.6 Å². The number of fused-ring (bicyclic) bond motifs is 1. The number of nitrogens with one attached hydrogen (secondary N) is 3. The minimum absolute atomic E-state index is 0.00738. The number of anilines is 3. The second-order valence-electron chi connectivity index (χ2n) is 7.18. The molecular weight excluding hydrogens is 364 g/mol. The van der Waals surface area contributed by atoms with E-state index in [1.807, 2.05) is 44.4 Å². The molecule has 1 atom stereocenters. The fraction of sp³-hybridized carbons (Fsp3) is 0.421. The molecule has 0 saturated heterocycles. The summed E-state index contributed by atoms with van der Waals surface area (Å²) >= 11 is 6.10. The maximum atomic E-state index is 9.65. The molecule has 7 nitrogen and oxygen atoms in total. The Labute approximate surface area is 163 Å². The van der Waals surface area contributed by atoms with Gasteiger partial charge in [-0.05, 0) is 38.0 Å². The lowest BCUT2D eigenvalue weighted by Crippen LogP contribution is -2.35. The molecule has 0 amide bonds. The molecule has 4 N–H and O–H groups in total. The third kappa shape index (κ3) is 4.31. The topological polar surface area (TPSA) is 89.7 Å². The number of nitrogens with zero attached hydrogens (tertiary/aromatic N) is 3. The van der Waals surface area contributed by atoms with E-state index in [4.69, 9.17) is 11.6 Å². The van der Waals surface area contributed by atoms with Gasteiger partial charge in [-0.25, -0.2) is 4.57 Å². The van der Waals surface area contributed by atoms with E-state index >= 15 is 0 Å². The molecular formula is C19H26ClN6O+. The number of hydrogen-bond donors (Lipinski definition) is 4. The molecule has 1 aromatic carbocycles. The van der Waals surface area contributed by atoms with Crippen LogP contribution in [0, 0.1) is 5.92 Å². The molecule has 0 bridgehead atoms. The van der Waals surface area contributed by atoms with E-state index < -0.39 is 0 Å². The fourth-order valence-corrected chi connectivity index (χ4v) is 2.99. The van der Waals surface area contributed by atoms with E-state index in [1.54, 1.807) is 0 Å². The third-order valence-corrected chi connectivity index (χ3v) is 4.68. The number of aliphatic hydroxyl groups is 1. The molecule has 2 aromatic heterocycles. The highest BCUT2D eigenvalue weighted by atomic mass is 35.5. The number of halogens is 1. The van der Waals surface area contributed by atoms with Crippen molar-refractivity contribution in [2.24, 2.45) is 5.92 Å². The van der Waals surface area contributed by atoms with E-state index in [2.05, 4.69) is 44.0 Å². The largest absolute Gasteiger partial charge is 0.394 e. The van der Waals surface area contributed by atoms with Crippen LogP contribution in [0.1, 0.15) is 33.7 Å². The van der Waals surface area contributed by atoms with Gasteiger partial charge in [0.2, 0.25) is 5.52 Å². The molecule has 2 heterocycles. The molecule has 3 rings (SSSR count). The highest BCUT2D eigenvalue weighted by Gasteiger charge is 2.23. The summed E-state index contributed by atoms with van der Waals surface area (Å²) in [5.41, 5.74) is 2.42.